The molecule has 0 saturated carbocycles. The summed E-state index contributed by atoms with van der Waals surface area (Å²) in [6, 6.07) is -2.91. The largest absolute Gasteiger partial charge is 0.394 e. The number of amides is 2. The fourth-order valence-electron chi connectivity index (χ4n) is 12.4. The van der Waals surface area contributed by atoms with Crippen LogP contribution in [-0.2, 0) is 47.5 Å². The minimum atomic E-state index is -2.09. The van der Waals surface area contributed by atoms with Gasteiger partial charge in [-0.1, -0.05) is 200 Å². The number of nitrogens with one attached hydrogen (secondary N) is 2. The lowest BCUT2D eigenvalue weighted by atomic mass is 9.96. The Kier molecular flexibility index (Phi) is 40.8. The number of ether oxygens (including phenoxy) is 8. The van der Waals surface area contributed by atoms with Crippen molar-refractivity contribution in [3.63, 3.8) is 0 Å². The quantitative estimate of drug-likeness (QED) is 0.0388. The lowest BCUT2D eigenvalue weighted by Gasteiger charge is -2.47. The van der Waals surface area contributed by atoms with Crippen LogP contribution in [0.4, 0.5) is 0 Å². The van der Waals surface area contributed by atoms with Crippen LogP contribution >= 0.6 is 0 Å². The molecule has 0 aromatic carbocycles. The molecule has 4 fully saturated rings. The zero-order valence-electron chi connectivity index (χ0n) is 54.9. The molecule has 16 N–H and O–H groups in total. The van der Waals surface area contributed by atoms with E-state index < -0.39 is 185 Å². The predicted molar refractivity (Wildman–Crippen MR) is 332 cm³/mol. The molecule has 2 amide bonds. The Hall–Kier alpha value is -1.94. The fourth-order valence-corrected chi connectivity index (χ4v) is 12.4. The molecule has 536 valence electrons. The molecule has 26 heteroatoms. The van der Waals surface area contributed by atoms with Crippen LogP contribution in [0.2, 0.25) is 0 Å². The second kappa shape index (κ2) is 45.5. The molecule has 0 aromatic rings. The van der Waals surface area contributed by atoms with Gasteiger partial charge >= 0.3 is 0 Å². The van der Waals surface area contributed by atoms with Crippen molar-refractivity contribution in [1.29, 1.82) is 0 Å². The Morgan fingerprint density at radius 1 is 0.451 bits per heavy atom. The molecule has 0 bridgehead atoms. The molecule has 4 aliphatic rings. The third kappa shape index (κ3) is 28.2. The number of aliphatic hydroxyl groups is 14. The highest BCUT2D eigenvalue weighted by Crippen LogP contribution is 2.33. The zero-order chi connectivity index (χ0) is 66.8. The van der Waals surface area contributed by atoms with E-state index in [1.807, 2.05) is 0 Å². The third-order valence-corrected chi connectivity index (χ3v) is 18.2. The molecule has 0 radical (unpaired) electrons. The average Bonchev–Trinajstić information content (AvgIpc) is 1.30. The zero-order valence-corrected chi connectivity index (χ0v) is 54.9. The molecule has 4 rings (SSSR count). The summed E-state index contributed by atoms with van der Waals surface area (Å²) >= 11 is 0. The van der Waals surface area contributed by atoms with Gasteiger partial charge in [-0.3, -0.25) is 9.59 Å². The van der Waals surface area contributed by atoms with Gasteiger partial charge in [-0.25, -0.2) is 0 Å². The van der Waals surface area contributed by atoms with E-state index in [4.69, 9.17) is 37.9 Å². The number of carbonyl (C=O) groups excluding carboxylic acids is 2. The Morgan fingerprint density at radius 2 is 0.868 bits per heavy atom. The summed E-state index contributed by atoms with van der Waals surface area (Å²) in [7, 11) is 0. The van der Waals surface area contributed by atoms with Gasteiger partial charge in [-0.15, -0.1) is 0 Å². The predicted octanol–water partition coefficient (Wildman–Crippen LogP) is 2.15. The van der Waals surface area contributed by atoms with E-state index in [1.165, 1.54) is 122 Å². The Balaban J connectivity index is 1.40. The van der Waals surface area contributed by atoms with E-state index in [0.29, 0.717) is 12.8 Å². The van der Waals surface area contributed by atoms with Crippen molar-refractivity contribution >= 4 is 11.8 Å². The molecule has 26 nitrogen and oxygen atoms in total. The van der Waals surface area contributed by atoms with Gasteiger partial charge in [0.15, 0.2) is 25.2 Å². The van der Waals surface area contributed by atoms with E-state index in [9.17, 15) is 81.1 Å². The van der Waals surface area contributed by atoms with Gasteiger partial charge in [0, 0.05) is 6.92 Å². The molecule has 4 saturated heterocycles. The Labute approximate surface area is 540 Å². The minimum Gasteiger partial charge on any atom is -0.394 e. The summed E-state index contributed by atoms with van der Waals surface area (Å²) in [5, 5.41) is 159. The molecule has 24 atom stereocenters. The highest BCUT2D eigenvalue weighted by Gasteiger charge is 2.53. The molecular formula is C65H122N2O24. The summed E-state index contributed by atoms with van der Waals surface area (Å²) in [5.74, 6) is -1.53. The lowest BCUT2D eigenvalue weighted by Crippen LogP contribution is -2.66. The van der Waals surface area contributed by atoms with E-state index in [0.717, 1.165) is 64.7 Å². The highest BCUT2D eigenvalue weighted by atomic mass is 16.8. The summed E-state index contributed by atoms with van der Waals surface area (Å²) in [4.78, 5) is 26.0. The molecule has 4 heterocycles. The average molecular weight is 1320 g/mol. The van der Waals surface area contributed by atoms with Crippen LogP contribution in [0.1, 0.15) is 227 Å². The summed E-state index contributed by atoms with van der Waals surface area (Å²) in [6.45, 7) is 3.98. The molecule has 0 aliphatic carbocycles. The van der Waals surface area contributed by atoms with Gasteiger partial charge in [0.05, 0.1) is 44.7 Å². The van der Waals surface area contributed by atoms with Gasteiger partial charge < -0.3 is 120 Å². The van der Waals surface area contributed by atoms with Crippen LogP contribution < -0.4 is 10.6 Å². The van der Waals surface area contributed by atoms with Gasteiger partial charge in [0.2, 0.25) is 11.8 Å². The van der Waals surface area contributed by atoms with Gasteiger partial charge in [0.25, 0.3) is 0 Å². The first-order chi connectivity index (χ1) is 43.7. The Morgan fingerprint density at radius 3 is 1.33 bits per heavy atom. The van der Waals surface area contributed by atoms with E-state index in [2.05, 4.69) is 24.5 Å². The third-order valence-electron chi connectivity index (χ3n) is 18.2. The number of unbranched alkanes of at least 4 members (excludes halogenated alkanes) is 27. The number of hydrogen-bond acceptors (Lipinski definition) is 24. The van der Waals surface area contributed by atoms with Crippen molar-refractivity contribution < 1.29 is 119 Å². The van der Waals surface area contributed by atoms with Crippen molar-refractivity contribution in [2.24, 2.45) is 0 Å². The molecular weight excluding hydrogens is 1190 g/mol. The van der Waals surface area contributed by atoms with E-state index >= 15 is 0 Å². The number of aliphatic hydroxyl groups excluding tert-OH is 14. The molecule has 0 unspecified atom stereocenters. The van der Waals surface area contributed by atoms with Crippen LogP contribution in [0.3, 0.4) is 0 Å². The second-order valence-electron chi connectivity index (χ2n) is 26.1. The number of carbonyl (C=O) groups is 2. The van der Waals surface area contributed by atoms with Crippen LogP contribution in [0.25, 0.3) is 0 Å². The summed E-state index contributed by atoms with van der Waals surface area (Å²) in [5.41, 5.74) is 0. The summed E-state index contributed by atoms with van der Waals surface area (Å²) < 4.78 is 46.7. The van der Waals surface area contributed by atoms with Crippen LogP contribution in [-0.4, -0.2) is 257 Å². The monoisotopic (exact) mass is 1310 g/mol. The van der Waals surface area contributed by atoms with Gasteiger partial charge in [0.1, 0.15) is 104 Å². The van der Waals surface area contributed by atoms with Crippen molar-refractivity contribution in [3.05, 3.63) is 0 Å². The molecule has 0 aromatic heterocycles. The molecule has 91 heavy (non-hydrogen) atoms. The first kappa shape index (κ1) is 81.5. The second-order valence-corrected chi connectivity index (χ2v) is 26.1. The Bertz CT molecular complexity index is 1890. The maximum absolute atomic E-state index is 13.7. The highest BCUT2D eigenvalue weighted by molar-refractivity contribution is 5.80. The van der Waals surface area contributed by atoms with Crippen molar-refractivity contribution in [2.75, 3.05) is 26.4 Å². The normalized spacial score (nSPS) is 32.9. The first-order valence-electron chi connectivity index (χ1n) is 34.8. The summed E-state index contributed by atoms with van der Waals surface area (Å²) in [6.07, 6.45) is -3.99. The van der Waals surface area contributed by atoms with Crippen LogP contribution in [0.15, 0.2) is 0 Å². The smallest absolute Gasteiger partial charge is 0.249 e. The number of rotatable bonds is 49. The minimum absolute atomic E-state index is 0.126. The van der Waals surface area contributed by atoms with E-state index in [1.54, 1.807) is 0 Å². The van der Waals surface area contributed by atoms with Crippen molar-refractivity contribution in [1.82, 2.24) is 10.6 Å². The van der Waals surface area contributed by atoms with Crippen molar-refractivity contribution in [3.8, 4) is 0 Å². The van der Waals surface area contributed by atoms with Gasteiger partial charge in [-0.2, -0.15) is 0 Å². The fraction of sp³-hybridized carbons (Fsp3) is 0.969. The van der Waals surface area contributed by atoms with Crippen LogP contribution in [0.5, 0.6) is 0 Å². The lowest BCUT2D eigenvalue weighted by molar-refractivity contribution is -0.371. The van der Waals surface area contributed by atoms with Crippen LogP contribution in [0, 0.1) is 0 Å². The van der Waals surface area contributed by atoms with Gasteiger partial charge in [-0.05, 0) is 19.8 Å². The standard InChI is InChI=1S/C65H122N2O24/c1-5-7-9-11-13-15-17-19-20-21-23-25-27-29-31-33-35-44(72)61(83)67-42(49(73)43(71)34-32-30-28-26-24-22-18-16-14-12-10-8-6-2)37-84-65-60(55(79)50(74)45(36-68)87-65)91-64-57(81)54(78)52(76)47(89-64)38-85-62-48(66-41(4)70)53(77)51(75)46(88-62)39-86-63-58(82)56(80)59(90-63)40(3)69/h40,42-60,62-65,68-69,71-82H,5-39H2,1-4H3,(H,66,70)(H,67,83)/t40-,42-,43+,44+,45+,46+,47+,48+,49-,50-,51-,52-,53+,54-,55-,56-,57+,58-,59+,60+,62+,63-,64+,65-/m0/s1. The maximum atomic E-state index is 13.7. The maximum Gasteiger partial charge on any atom is 0.249 e. The first-order valence-corrected chi connectivity index (χ1v) is 34.8. The number of hydrogen-bond donors (Lipinski definition) is 16. The van der Waals surface area contributed by atoms with Crippen molar-refractivity contribution in [2.45, 2.75) is 374 Å². The molecule has 0 spiro atoms. The molecule has 4 aliphatic heterocycles. The SMILES string of the molecule is CCCCCCCCCCCCCCCCCC[C@@H](O)C(=O)N[C@@H](CO[C@H]1O[C@H](CO)[C@H](O)[C@H](O)[C@H]1O[C@H]1O[C@H](CO[C@@H]2O[C@H](CO[C@H]3O[C@H]([C@H](C)O)[C@@H](O)[C@@H]3O)[C@H](O)[C@H](O)[C@H]2NC(C)=O)[C@H](O)[C@H](O)[C@H]1O)[C@H](O)[C@H](O)CCCCCCCCCCCCCCC. The topological polar surface area (TPSA) is 415 Å². The van der Waals surface area contributed by atoms with E-state index in [-0.39, 0.29) is 12.8 Å².